The van der Waals surface area contributed by atoms with Crippen LogP contribution in [0, 0.1) is 13.8 Å². The largest absolute Gasteiger partial charge is 0.455 e. The fourth-order valence-corrected chi connectivity index (χ4v) is 3.67. The van der Waals surface area contributed by atoms with E-state index in [1.54, 1.807) is 19.1 Å². The van der Waals surface area contributed by atoms with Gasteiger partial charge in [-0.15, -0.1) is 0 Å². The Bertz CT molecular complexity index is 785. The van der Waals surface area contributed by atoms with E-state index in [9.17, 15) is 15.0 Å². The first-order chi connectivity index (χ1) is 12.2. The summed E-state index contributed by atoms with van der Waals surface area (Å²) in [6.07, 6.45) is -0.639. The molecule has 1 aliphatic heterocycles. The van der Waals surface area contributed by atoms with Crippen LogP contribution in [0.4, 0.5) is 0 Å². The second-order valence-electron chi connectivity index (χ2n) is 6.86. The van der Waals surface area contributed by atoms with Crippen LogP contribution < -0.4 is 0 Å². The number of hydrogen-bond acceptors (Lipinski definition) is 7. The van der Waals surface area contributed by atoms with Gasteiger partial charge in [0, 0.05) is 24.5 Å². The molecule has 1 saturated heterocycles. The second-order valence-corrected chi connectivity index (χ2v) is 7.80. The number of hydrogen-bond donors (Lipinski definition) is 2. The van der Waals surface area contributed by atoms with Crippen molar-refractivity contribution < 1.29 is 19.4 Å². The van der Waals surface area contributed by atoms with E-state index >= 15 is 0 Å². The zero-order chi connectivity index (χ0) is 18.9. The highest BCUT2D eigenvalue weighted by molar-refractivity contribution is 7.98. The van der Waals surface area contributed by atoms with Crippen molar-refractivity contribution in [2.24, 2.45) is 0 Å². The topological polar surface area (TPSA) is 99.7 Å². The smallest absolute Gasteiger partial charge is 0.289 e. The number of likely N-dealkylation sites (tertiary alicyclic amines) is 1. The Morgan fingerprint density at radius 1 is 1.38 bits per heavy atom. The summed E-state index contributed by atoms with van der Waals surface area (Å²) in [5, 5.41) is 20.7. The Kier molecular flexibility index (Phi) is 5.36. The standard InChI is InChI=1S/C18H23N3O4S/c1-11-8-12(2)20-17(19-11)26-10-13-4-5-14(25-13)16(23)21-7-6-18(3,24)15(22)9-21/h4-5,8,15,22,24H,6-7,9-10H2,1-3H3. The lowest BCUT2D eigenvalue weighted by Gasteiger charge is -2.39. The Labute approximate surface area is 156 Å². The van der Waals surface area contributed by atoms with Gasteiger partial charge in [-0.25, -0.2) is 9.97 Å². The Hall–Kier alpha value is -1.90. The fourth-order valence-electron chi connectivity index (χ4n) is 2.83. The van der Waals surface area contributed by atoms with Gasteiger partial charge in [-0.2, -0.15) is 0 Å². The molecule has 2 unspecified atom stereocenters. The highest BCUT2D eigenvalue weighted by atomic mass is 32.2. The second kappa shape index (κ2) is 7.38. The van der Waals surface area contributed by atoms with Crippen molar-refractivity contribution in [3.8, 4) is 0 Å². The van der Waals surface area contributed by atoms with E-state index < -0.39 is 11.7 Å². The van der Waals surface area contributed by atoms with Crippen molar-refractivity contribution in [1.29, 1.82) is 0 Å². The van der Waals surface area contributed by atoms with E-state index in [2.05, 4.69) is 9.97 Å². The van der Waals surface area contributed by atoms with Crippen molar-refractivity contribution in [2.75, 3.05) is 13.1 Å². The summed E-state index contributed by atoms with van der Waals surface area (Å²) in [7, 11) is 0. The average Bonchev–Trinajstić information content (AvgIpc) is 3.03. The first kappa shape index (κ1) is 18.9. The summed E-state index contributed by atoms with van der Waals surface area (Å²) < 4.78 is 5.66. The summed E-state index contributed by atoms with van der Waals surface area (Å²) in [5.74, 6) is 1.13. The third-order valence-electron chi connectivity index (χ3n) is 4.46. The van der Waals surface area contributed by atoms with Crippen molar-refractivity contribution >= 4 is 17.7 Å². The maximum absolute atomic E-state index is 12.5. The van der Waals surface area contributed by atoms with E-state index in [0.717, 1.165) is 11.4 Å². The highest BCUT2D eigenvalue weighted by Crippen LogP contribution is 2.25. The molecule has 8 heteroatoms. The molecule has 26 heavy (non-hydrogen) atoms. The number of furan rings is 1. The summed E-state index contributed by atoms with van der Waals surface area (Å²) >= 11 is 1.45. The lowest BCUT2D eigenvalue weighted by molar-refractivity contribution is -0.100. The van der Waals surface area contributed by atoms with Crippen LogP contribution in [-0.2, 0) is 5.75 Å². The average molecular weight is 377 g/mol. The number of β-amino-alcohol motifs (C(OH)–C–C–N with tert-alkyl or cyclic N) is 1. The number of carbonyl (C=O) groups excluding carboxylic acids is 1. The number of aliphatic hydroxyl groups is 2. The summed E-state index contributed by atoms with van der Waals surface area (Å²) in [4.78, 5) is 22.8. The van der Waals surface area contributed by atoms with Gasteiger partial charge in [0.1, 0.15) is 5.76 Å². The number of aryl methyl sites for hydroxylation is 2. The molecule has 2 N–H and O–H groups in total. The number of piperidine rings is 1. The van der Waals surface area contributed by atoms with Gasteiger partial charge in [-0.05, 0) is 45.4 Å². The molecule has 0 bridgehead atoms. The van der Waals surface area contributed by atoms with Gasteiger partial charge in [0.2, 0.25) is 0 Å². The van der Waals surface area contributed by atoms with Crippen LogP contribution in [0.15, 0.2) is 27.8 Å². The van der Waals surface area contributed by atoms with Crippen LogP contribution in [-0.4, -0.2) is 55.8 Å². The molecule has 7 nitrogen and oxygen atoms in total. The van der Waals surface area contributed by atoms with Gasteiger partial charge >= 0.3 is 0 Å². The van der Waals surface area contributed by atoms with Gasteiger partial charge in [0.15, 0.2) is 10.9 Å². The normalized spacial score (nSPS) is 23.3. The minimum Gasteiger partial charge on any atom is -0.455 e. The van der Waals surface area contributed by atoms with Crippen molar-refractivity contribution in [2.45, 2.75) is 49.8 Å². The molecule has 0 radical (unpaired) electrons. The Balaban J connectivity index is 1.61. The lowest BCUT2D eigenvalue weighted by atomic mass is 9.91. The van der Waals surface area contributed by atoms with E-state index in [0.29, 0.717) is 29.6 Å². The molecule has 2 aromatic heterocycles. The zero-order valence-corrected chi connectivity index (χ0v) is 15.9. The Morgan fingerprint density at radius 2 is 2.08 bits per heavy atom. The third kappa shape index (κ3) is 4.25. The van der Waals surface area contributed by atoms with Gasteiger partial charge < -0.3 is 19.5 Å². The first-order valence-electron chi connectivity index (χ1n) is 8.48. The van der Waals surface area contributed by atoms with E-state index in [1.807, 2.05) is 19.9 Å². The molecule has 140 valence electrons. The van der Waals surface area contributed by atoms with Crippen LogP contribution in [0.2, 0.25) is 0 Å². The zero-order valence-electron chi connectivity index (χ0n) is 15.1. The van der Waals surface area contributed by atoms with Crippen molar-refractivity contribution in [3.63, 3.8) is 0 Å². The number of aliphatic hydroxyl groups excluding tert-OH is 1. The van der Waals surface area contributed by atoms with Crippen molar-refractivity contribution in [1.82, 2.24) is 14.9 Å². The third-order valence-corrected chi connectivity index (χ3v) is 5.33. The maximum Gasteiger partial charge on any atom is 0.289 e. The van der Waals surface area contributed by atoms with Crippen LogP contribution in [0.25, 0.3) is 0 Å². The SMILES string of the molecule is Cc1cc(C)nc(SCc2ccc(C(=O)N3CCC(C)(O)C(O)C3)o2)n1. The molecule has 2 aromatic rings. The van der Waals surface area contributed by atoms with Crippen molar-refractivity contribution in [3.05, 3.63) is 41.1 Å². The molecule has 1 amide bonds. The molecule has 2 atom stereocenters. The molecule has 0 spiro atoms. The number of carbonyl (C=O) groups is 1. The molecule has 0 aliphatic carbocycles. The molecular weight excluding hydrogens is 354 g/mol. The molecule has 1 aliphatic rings. The van der Waals surface area contributed by atoms with E-state index in [4.69, 9.17) is 4.42 Å². The van der Waals surface area contributed by atoms with Gasteiger partial charge in [-0.3, -0.25) is 4.79 Å². The number of rotatable bonds is 4. The number of aromatic nitrogens is 2. The maximum atomic E-state index is 12.5. The predicted molar refractivity (Wildman–Crippen MR) is 96.9 cm³/mol. The summed E-state index contributed by atoms with van der Waals surface area (Å²) in [6.45, 7) is 5.90. The minimum atomic E-state index is -1.16. The van der Waals surface area contributed by atoms with E-state index in [-0.39, 0.29) is 18.2 Å². The van der Waals surface area contributed by atoms with Crippen LogP contribution in [0.3, 0.4) is 0 Å². The summed E-state index contributed by atoms with van der Waals surface area (Å²) in [5.41, 5.74) is 0.665. The molecule has 0 aromatic carbocycles. The number of amides is 1. The quantitative estimate of drug-likeness (QED) is 0.620. The van der Waals surface area contributed by atoms with Crippen LogP contribution >= 0.6 is 11.8 Å². The molecule has 3 rings (SSSR count). The predicted octanol–water partition coefficient (Wildman–Crippen LogP) is 1.94. The Morgan fingerprint density at radius 3 is 2.73 bits per heavy atom. The molecule has 1 fully saturated rings. The molecule has 0 saturated carbocycles. The highest BCUT2D eigenvalue weighted by Gasteiger charge is 2.38. The van der Waals surface area contributed by atoms with Crippen LogP contribution in [0.1, 0.15) is 41.0 Å². The minimum absolute atomic E-state index is 0.0903. The molecule has 3 heterocycles. The van der Waals surface area contributed by atoms with Gasteiger partial charge in [0.25, 0.3) is 5.91 Å². The van der Waals surface area contributed by atoms with Crippen LogP contribution in [0.5, 0.6) is 0 Å². The number of nitrogens with zero attached hydrogens (tertiary/aromatic N) is 3. The monoisotopic (exact) mass is 377 g/mol. The number of thioether (sulfide) groups is 1. The lowest BCUT2D eigenvalue weighted by Crippen LogP contribution is -2.55. The van der Waals surface area contributed by atoms with Gasteiger partial charge in [0.05, 0.1) is 17.5 Å². The first-order valence-corrected chi connectivity index (χ1v) is 9.47. The van der Waals surface area contributed by atoms with E-state index in [1.165, 1.54) is 16.7 Å². The molecular formula is C18H23N3O4S. The fraction of sp³-hybridized carbons (Fsp3) is 0.500. The summed E-state index contributed by atoms with van der Waals surface area (Å²) in [6, 6.07) is 5.32. The van der Waals surface area contributed by atoms with Gasteiger partial charge in [-0.1, -0.05) is 11.8 Å².